The van der Waals surface area contributed by atoms with Crippen molar-refractivity contribution in [3.05, 3.63) is 0 Å². The summed E-state index contributed by atoms with van der Waals surface area (Å²) in [6, 6.07) is 0. The maximum absolute atomic E-state index is 12.4. The van der Waals surface area contributed by atoms with Crippen LogP contribution in [0.15, 0.2) is 0 Å². The molecule has 0 heterocycles. The number of esters is 1. The predicted octanol–water partition coefficient (Wildman–Crippen LogP) is 2.62. The Morgan fingerprint density at radius 3 is 2.11 bits per heavy atom. The maximum Gasteiger partial charge on any atom is 0.392 e. The van der Waals surface area contributed by atoms with Crippen LogP contribution in [0, 0.1) is 11.8 Å². The summed E-state index contributed by atoms with van der Waals surface area (Å²) >= 11 is 0. The van der Waals surface area contributed by atoms with E-state index < -0.39 is 42.5 Å². The average molecular weight is 270 g/mol. The van der Waals surface area contributed by atoms with E-state index in [9.17, 15) is 22.8 Å². The Kier molecular flexibility index (Phi) is 6.14. The fraction of sp³-hybridized carbons (Fsp3) is 0.818. The number of aliphatic carboxylic acids is 1. The molecule has 4 nitrogen and oxygen atoms in total. The largest absolute Gasteiger partial charge is 0.481 e. The van der Waals surface area contributed by atoms with Crippen molar-refractivity contribution in [2.75, 3.05) is 0 Å². The Labute approximate surface area is 103 Å². The van der Waals surface area contributed by atoms with E-state index in [-0.39, 0.29) is 0 Å². The van der Waals surface area contributed by atoms with E-state index in [1.165, 1.54) is 0 Å². The van der Waals surface area contributed by atoms with Gasteiger partial charge < -0.3 is 9.84 Å². The van der Waals surface area contributed by atoms with Gasteiger partial charge in [-0.2, -0.15) is 13.2 Å². The second-order valence-corrected chi connectivity index (χ2v) is 4.19. The van der Waals surface area contributed by atoms with Gasteiger partial charge in [-0.3, -0.25) is 9.59 Å². The number of alkyl halides is 3. The van der Waals surface area contributed by atoms with Crippen molar-refractivity contribution in [2.45, 2.75) is 45.9 Å². The second kappa shape index (κ2) is 6.61. The van der Waals surface area contributed by atoms with Crippen LogP contribution in [0.4, 0.5) is 13.2 Å². The molecule has 1 N–H and O–H groups in total. The van der Waals surface area contributed by atoms with Crippen LogP contribution in [0.2, 0.25) is 0 Å². The number of carboxylic acids is 1. The first-order valence-electron chi connectivity index (χ1n) is 5.58. The van der Waals surface area contributed by atoms with Crippen LogP contribution in [0.5, 0.6) is 0 Å². The molecule has 7 heteroatoms. The van der Waals surface area contributed by atoms with Crippen molar-refractivity contribution in [1.29, 1.82) is 0 Å². The summed E-state index contributed by atoms with van der Waals surface area (Å²) in [6.07, 6.45) is -5.36. The highest BCUT2D eigenvalue weighted by Crippen LogP contribution is 2.33. The van der Waals surface area contributed by atoms with Gasteiger partial charge in [0.25, 0.3) is 0 Å². The summed E-state index contributed by atoms with van der Waals surface area (Å²) in [5.74, 6) is -6.49. The summed E-state index contributed by atoms with van der Waals surface area (Å²) in [5.41, 5.74) is 0. The minimum absolute atomic E-state index is 0.437. The lowest BCUT2D eigenvalue weighted by Gasteiger charge is -2.22. The van der Waals surface area contributed by atoms with E-state index in [1.807, 2.05) is 0 Å². The zero-order valence-electron chi connectivity index (χ0n) is 10.5. The van der Waals surface area contributed by atoms with Gasteiger partial charge in [-0.15, -0.1) is 0 Å². The highest BCUT2D eigenvalue weighted by molar-refractivity contribution is 5.79. The molecule has 0 aliphatic carbocycles. The zero-order valence-corrected chi connectivity index (χ0v) is 10.5. The minimum atomic E-state index is -4.65. The Hall–Kier alpha value is -1.27. The van der Waals surface area contributed by atoms with Crippen molar-refractivity contribution in [1.82, 2.24) is 0 Å². The Bertz CT molecular complexity index is 301. The first-order chi connectivity index (χ1) is 8.09. The SMILES string of the molecule is CCC(C)OC(=O)CC(C(=O)O)C(C)C(F)(F)F. The fourth-order valence-electron chi connectivity index (χ4n) is 1.24. The van der Waals surface area contributed by atoms with Crippen LogP contribution in [0.3, 0.4) is 0 Å². The highest BCUT2D eigenvalue weighted by Gasteiger charge is 2.45. The third kappa shape index (κ3) is 5.37. The van der Waals surface area contributed by atoms with E-state index in [2.05, 4.69) is 0 Å². The maximum atomic E-state index is 12.4. The van der Waals surface area contributed by atoms with E-state index in [4.69, 9.17) is 9.84 Å². The van der Waals surface area contributed by atoms with Crippen molar-refractivity contribution >= 4 is 11.9 Å². The predicted molar refractivity (Wildman–Crippen MR) is 56.8 cm³/mol. The van der Waals surface area contributed by atoms with E-state index in [0.29, 0.717) is 6.42 Å². The molecule has 0 rings (SSSR count). The Morgan fingerprint density at radius 1 is 1.28 bits per heavy atom. The van der Waals surface area contributed by atoms with Crippen molar-refractivity contribution < 1.29 is 32.6 Å². The molecule has 0 fully saturated rings. The molecule has 0 aromatic carbocycles. The van der Waals surface area contributed by atoms with Gasteiger partial charge in [0.2, 0.25) is 0 Å². The molecule has 3 atom stereocenters. The number of hydrogen-bond acceptors (Lipinski definition) is 3. The number of ether oxygens (including phenoxy) is 1. The van der Waals surface area contributed by atoms with Gasteiger partial charge in [-0.05, 0) is 13.3 Å². The van der Waals surface area contributed by atoms with Crippen molar-refractivity contribution in [3.63, 3.8) is 0 Å². The summed E-state index contributed by atoms with van der Waals surface area (Å²) in [7, 11) is 0. The number of carboxylic acid groups (broad SMARTS) is 1. The Balaban J connectivity index is 4.65. The number of carbonyl (C=O) groups excluding carboxylic acids is 1. The monoisotopic (exact) mass is 270 g/mol. The minimum Gasteiger partial charge on any atom is -0.481 e. The van der Waals surface area contributed by atoms with Gasteiger partial charge in [0, 0.05) is 0 Å². The van der Waals surface area contributed by atoms with Crippen LogP contribution in [-0.4, -0.2) is 29.3 Å². The van der Waals surface area contributed by atoms with E-state index >= 15 is 0 Å². The van der Waals surface area contributed by atoms with Gasteiger partial charge in [0.15, 0.2) is 0 Å². The lowest BCUT2D eigenvalue weighted by molar-refractivity contribution is -0.194. The Morgan fingerprint density at radius 2 is 1.78 bits per heavy atom. The molecule has 0 amide bonds. The van der Waals surface area contributed by atoms with E-state index in [1.54, 1.807) is 13.8 Å². The molecule has 106 valence electrons. The smallest absolute Gasteiger partial charge is 0.392 e. The average Bonchev–Trinajstić information content (AvgIpc) is 2.23. The van der Waals surface area contributed by atoms with Crippen LogP contribution >= 0.6 is 0 Å². The van der Waals surface area contributed by atoms with Gasteiger partial charge in [0.1, 0.15) is 0 Å². The summed E-state index contributed by atoms with van der Waals surface area (Å²) in [4.78, 5) is 22.1. The van der Waals surface area contributed by atoms with Gasteiger partial charge in [-0.25, -0.2) is 0 Å². The third-order valence-corrected chi connectivity index (χ3v) is 2.73. The van der Waals surface area contributed by atoms with Gasteiger partial charge in [0.05, 0.1) is 24.4 Å². The summed E-state index contributed by atoms with van der Waals surface area (Å²) in [6.45, 7) is 4.07. The number of carbonyl (C=O) groups is 2. The molecule has 0 aromatic rings. The standard InChI is InChI=1S/C11H17F3O4/c1-4-6(2)18-9(15)5-8(10(16)17)7(3)11(12,13)14/h6-8H,4-5H2,1-3H3,(H,16,17). The summed E-state index contributed by atoms with van der Waals surface area (Å²) < 4.78 is 42.0. The second-order valence-electron chi connectivity index (χ2n) is 4.19. The molecule has 0 radical (unpaired) electrons. The molecule has 0 aromatic heterocycles. The topological polar surface area (TPSA) is 63.6 Å². The first-order valence-corrected chi connectivity index (χ1v) is 5.58. The van der Waals surface area contributed by atoms with Crippen LogP contribution < -0.4 is 0 Å². The molecule has 0 aliphatic heterocycles. The van der Waals surface area contributed by atoms with Crippen LogP contribution in [-0.2, 0) is 14.3 Å². The molecule has 3 unspecified atom stereocenters. The number of hydrogen-bond donors (Lipinski definition) is 1. The molecule has 0 bridgehead atoms. The van der Waals surface area contributed by atoms with Crippen LogP contribution in [0.1, 0.15) is 33.6 Å². The summed E-state index contributed by atoms with van der Waals surface area (Å²) in [5, 5.41) is 8.74. The molecule has 18 heavy (non-hydrogen) atoms. The highest BCUT2D eigenvalue weighted by atomic mass is 19.4. The molecular formula is C11H17F3O4. The van der Waals surface area contributed by atoms with Gasteiger partial charge in [-0.1, -0.05) is 13.8 Å². The molecule has 0 aliphatic rings. The quantitative estimate of drug-likeness (QED) is 0.753. The number of halogens is 3. The van der Waals surface area contributed by atoms with E-state index in [0.717, 1.165) is 6.92 Å². The molecular weight excluding hydrogens is 253 g/mol. The normalized spacial score (nSPS) is 16.8. The third-order valence-electron chi connectivity index (χ3n) is 2.73. The van der Waals surface area contributed by atoms with Crippen molar-refractivity contribution in [3.8, 4) is 0 Å². The lowest BCUT2D eigenvalue weighted by Crippen LogP contribution is -2.35. The van der Waals surface area contributed by atoms with Crippen molar-refractivity contribution in [2.24, 2.45) is 11.8 Å². The zero-order chi connectivity index (χ0) is 14.5. The fourth-order valence-corrected chi connectivity index (χ4v) is 1.24. The molecule has 0 spiro atoms. The number of rotatable bonds is 6. The lowest BCUT2D eigenvalue weighted by atomic mass is 9.90. The first kappa shape index (κ1) is 16.7. The van der Waals surface area contributed by atoms with Gasteiger partial charge >= 0.3 is 18.1 Å². The molecule has 0 saturated carbocycles. The van der Waals surface area contributed by atoms with Crippen LogP contribution in [0.25, 0.3) is 0 Å². The molecule has 0 saturated heterocycles.